The normalized spacial score (nSPS) is 18.7. The van der Waals surface area contributed by atoms with Gasteiger partial charge in [0.1, 0.15) is 6.04 Å². The number of hydrogen-bond acceptors (Lipinski definition) is 5. The number of aryl methyl sites for hydroxylation is 1. The number of methoxy groups -OCH3 is 1. The molecular weight excluding hydrogens is 260 g/mol. The highest BCUT2D eigenvalue weighted by Crippen LogP contribution is 2.31. The molecule has 0 aromatic heterocycles. The first-order chi connectivity index (χ1) is 9.54. The number of nitro benzene ring substituents is 1. The first kappa shape index (κ1) is 14.3. The van der Waals surface area contributed by atoms with Gasteiger partial charge in [-0.2, -0.15) is 0 Å². The lowest BCUT2D eigenvalue weighted by Crippen LogP contribution is -2.45. The van der Waals surface area contributed by atoms with Gasteiger partial charge in [-0.1, -0.05) is 6.07 Å². The van der Waals surface area contributed by atoms with E-state index in [9.17, 15) is 14.9 Å². The molecule has 2 rings (SSSR count). The van der Waals surface area contributed by atoms with Crippen molar-refractivity contribution in [1.82, 2.24) is 0 Å². The predicted molar refractivity (Wildman–Crippen MR) is 74.8 cm³/mol. The Morgan fingerprint density at radius 2 is 2.20 bits per heavy atom. The number of carbonyl (C=O) groups is 1. The van der Waals surface area contributed by atoms with Gasteiger partial charge in [0.2, 0.25) is 0 Å². The fraction of sp³-hybridized carbons (Fsp3) is 0.500. The summed E-state index contributed by atoms with van der Waals surface area (Å²) in [6.07, 6.45) is 2.65. The Kier molecular flexibility index (Phi) is 4.22. The Bertz CT molecular complexity index is 530. The predicted octanol–water partition coefficient (Wildman–Crippen LogP) is 2.44. The second kappa shape index (κ2) is 5.90. The summed E-state index contributed by atoms with van der Waals surface area (Å²) in [5.41, 5.74) is 1.71. The Morgan fingerprint density at radius 3 is 2.85 bits per heavy atom. The summed E-state index contributed by atoms with van der Waals surface area (Å²) in [4.78, 5) is 24.3. The molecule has 0 aliphatic carbocycles. The van der Waals surface area contributed by atoms with E-state index in [1.165, 1.54) is 19.2 Å². The van der Waals surface area contributed by atoms with Crippen LogP contribution < -0.4 is 4.90 Å². The second-order valence-corrected chi connectivity index (χ2v) is 4.96. The van der Waals surface area contributed by atoms with Crippen molar-refractivity contribution in [3.63, 3.8) is 0 Å². The average molecular weight is 278 g/mol. The number of nitro groups is 1. The van der Waals surface area contributed by atoms with Crippen molar-refractivity contribution >= 4 is 17.3 Å². The number of esters is 1. The van der Waals surface area contributed by atoms with Gasteiger partial charge in [-0.25, -0.2) is 4.79 Å². The highest BCUT2D eigenvalue weighted by atomic mass is 16.6. The lowest BCUT2D eigenvalue weighted by molar-refractivity contribution is -0.384. The van der Waals surface area contributed by atoms with Gasteiger partial charge in [-0.15, -0.1) is 0 Å². The molecule has 1 aromatic carbocycles. The summed E-state index contributed by atoms with van der Waals surface area (Å²) < 4.78 is 4.84. The van der Waals surface area contributed by atoms with Crippen LogP contribution in [-0.4, -0.2) is 30.6 Å². The largest absolute Gasteiger partial charge is 0.467 e. The molecule has 0 saturated carbocycles. The molecule has 20 heavy (non-hydrogen) atoms. The van der Waals surface area contributed by atoms with E-state index in [2.05, 4.69) is 0 Å². The van der Waals surface area contributed by atoms with E-state index >= 15 is 0 Å². The molecule has 1 fully saturated rings. The first-order valence-electron chi connectivity index (χ1n) is 6.64. The number of anilines is 1. The van der Waals surface area contributed by atoms with E-state index in [1.54, 1.807) is 6.07 Å². The van der Waals surface area contributed by atoms with Crippen molar-refractivity contribution in [2.24, 2.45) is 0 Å². The minimum atomic E-state index is -0.417. The average Bonchev–Trinajstić information content (AvgIpc) is 2.46. The molecule has 0 amide bonds. The minimum absolute atomic E-state index is 0.0415. The third-order valence-electron chi connectivity index (χ3n) is 3.69. The summed E-state index contributed by atoms with van der Waals surface area (Å²) in [6, 6.07) is 4.39. The lowest BCUT2D eigenvalue weighted by atomic mass is 10.00. The molecule has 1 heterocycles. The molecule has 1 aliphatic rings. The van der Waals surface area contributed by atoms with Gasteiger partial charge in [0.05, 0.1) is 12.0 Å². The number of rotatable bonds is 3. The van der Waals surface area contributed by atoms with Gasteiger partial charge in [0, 0.05) is 24.4 Å². The van der Waals surface area contributed by atoms with Gasteiger partial charge >= 0.3 is 5.97 Å². The molecule has 1 atom stereocenters. The zero-order valence-electron chi connectivity index (χ0n) is 11.7. The van der Waals surface area contributed by atoms with E-state index in [1.807, 2.05) is 11.8 Å². The second-order valence-electron chi connectivity index (χ2n) is 4.96. The Morgan fingerprint density at radius 1 is 1.45 bits per heavy atom. The monoisotopic (exact) mass is 278 g/mol. The maximum absolute atomic E-state index is 11.9. The molecular formula is C14H18N2O4. The van der Waals surface area contributed by atoms with Crippen molar-refractivity contribution in [3.05, 3.63) is 33.9 Å². The van der Waals surface area contributed by atoms with Crippen LogP contribution >= 0.6 is 0 Å². The van der Waals surface area contributed by atoms with Crippen LogP contribution in [0, 0.1) is 17.0 Å². The molecule has 1 aliphatic heterocycles. The quantitative estimate of drug-likeness (QED) is 0.482. The molecule has 108 valence electrons. The molecule has 0 radical (unpaired) electrons. The zero-order valence-corrected chi connectivity index (χ0v) is 11.7. The van der Waals surface area contributed by atoms with E-state index in [0.29, 0.717) is 6.54 Å². The fourth-order valence-corrected chi connectivity index (χ4v) is 2.62. The van der Waals surface area contributed by atoms with Crippen LogP contribution in [0.15, 0.2) is 18.2 Å². The van der Waals surface area contributed by atoms with Crippen molar-refractivity contribution in [2.75, 3.05) is 18.6 Å². The van der Waals surface area contributed by atoms with E-state index in [4.69, 9.17) is 4.74 Å². The van der Waals surface area contributed by atoms with Crippen LogP contribution in [0.5, 0.6) is 0 Å². The van der Waals surface area contributed by atoms with Gasteiger partial charge in [-0.05, 0) is 31.7 Å². The van der Waals surface area contributed by atoms with Crippen LogP contribution in [0.1, 0.15) is 24.8 Å². The fourth-order valence-electron chi connectivity index (χ4n) is 2.62. The number of piperidine rings is 1. The van der Waals surface area contributed by atoms with Crippen LogP contribution in [0.25, 0.3) is 0 Å². The summed E-state index contributed by atoms with van der Waals surface area (Å²) in [6.45, 7) is 2.60. The van der Waals surface area contributed by atoms with Crippen LogP contribution in [0.2, 0.25) is 0 Å². The van der Waals surface area contributed by atoms with Crippen LogP contribution in [0.4, 0.5) is 11.4 Å². The van der Waals surface area contributed by atoms with Crippen molar-refractivity contribution < 1.29 is 14.5 Å². The molecule has 0 spiro atoms. The summed E-state index contributed by atoms with van der Waals surface area (Å²) in [5, 5.41) is 10.9. The molecule has 6 heteroatoms. The number of ether oxygens (including phenoxy) is 1. The highest BCUT2D eigenvalue weighted by molar-refractivity contribution is 5.81. The molecule has 1 aromatic rings. The van der Waals surface area contributed by atoms with Crippen molar-refractivity contribution in [2.45, 2.75) is 32.2 Å². The van der Waals surface area contributed by atoms with Gasteiger partial charge < -0.3 is 9.64 Å². The smallest absolute Gasteiger partial charge is 0.328 e. The Hall–Kier alpha value is -2.11. The third kappa shape index (κ3) is 2.74. The number of non-ortho nitro benzene ring substituents is 1. The summed E-state index contributed by atoms with van der Waals surface area (Å²) in [7, 11) is 1.37. The molecule has 1 unspecified atom stereocenters. The zero-order chi connectivity index (χ0) is 14.7. The topological polar surface area (TPSA) is 72.7 Å². The molecule has 0 bridgehead atoms. The SMILES string of the molecule is COC(=O)C1CCCCN1c1cc([N+](=O)[O-])ccc1C. The van der Waals surface area contributed by atoms with Crippen molar-refractivity contribution in [1.29, 1.82) is 0 Å². The minimum Gasteiger partial charge on any atom is -0.467 e. The summed E-state index contributed by atoms with van der Waals surface area (Å²) in [5.74, 6) is -0.282. The first-order valence-corrected chi connectivity index (χ1v) is 6.64. The highest BCUT2D eigenvalue weighted by Gasteiger charge is 2.31. The number of benzene rings is 1. The Labute approximate surface area is 117 Å². The Balaban J connectivity index is 2.39. The van der Waals surface area contributed by atoms with E-state index < -0.39 is 4.92 Å². The number of hydrogen-bond donors (Lipinski definition) is 0. The lowest BCUT2D eigenvalue weighted by Gasteiger charge is -2.36. The molecule has 0 N–H and O–H groups in total. The van der Waals surface area contributed by atoms with Crippen LogP contribution in [-0.2, 0) is 9.53 Å². The molecule has 1 saturated heterocycles. The van der Waals surface area contributed by atoms with Crippen LogP contribution in [0.3, 0.4) is 0 Å². The standard InChI is InChI=1S/C14H18N2O4/c1-10-6-7-11(16(18)19)9-13(10)15-8-4-3-5-12(15)14(17)20-2/h6-7,9,12H,3-5,8H2,1-2H3. The molecule has 6 nitrogen and oxygen atoms in total. The number of carbonyl (C=O) groups excluding carboxylic acids is 1. The van der Waals surface area contributed by atoms with Crippen molar-refractivity contribution in [3.8, 4) is 0 Å². The summed E-state index contributed by atoms with van der Waals surface area (Å²) >= 11 is 0. The van der Waals surface area contributed by atoms with E-state index in [-0.39, 0.29) is 17.7 Å². The number of nitrogens with zero attached hydrogens (tertiary/aromatic N) is 2. The van der Waals surface area contributed by atoms with Gasteiger partial charge in [-0.3, -0.25) is 10.1 Å². The van der Waals surface area contributed by atoms with Gasteiger partial charge in [0.15, 0.2) is 0 Å². The maximum Gasteiger partial charge on any atom is 0.328 e. The third-order valence-corrected chi connectivity index (χ3v) is 3.69. The van der Waals surface area contributed by atoms with Gasteiger partial charge in [0.25, 0.3) is 5.69 Å². The maximum atomic E-state index is 11.9. The van der Waals surface area contributed by atoms with E-state index in [0.717, 1.165) is 30.5 Å².